The SMILES string of the molecule is Cc1cccc(C(=O)Cc2ccc(Br)cc2)c1Br. The molecule has 18 heavy (non-hydrogen) atoms. The highest BCUT2D eigenvalue weighted by Gasteiger charge is 2.11. The lowest BCUT2D eigenvalue weighted by Gasteiger charge is -2.06. The maximum Gasteiger partial charge on any atom is 0.168 e. The average molecular weight is 368 g/mol. The van der Waals surface area contributed by atoms with Crippen LogP contribution in [0.1, 0.15) is 21.5 Å². The fraction of sp³-hybridized carbons (Fsp3) is 0.133. The summed E-state index contributed by atoms with van der Waals surface area (Å²) in [5.41, 5.74) is 2.85. The molecule has 0 bridgehead atoms. The van der Waals surface area contributed by atoms with Crippen LogP contribution in [0.2, 0.25) is 0 Å². The number of hydrogen-bond acceptors (Lipinski definition) is 1. The predicted molar refractivity (Wildman–Crippen MR) is 81.1 cm³/mol. The maximum absolute atomic E-state index is 12.2. The van der Waals surface area contributed by atoms with Crippen molar-refractivity contribution < 1.29 is 4.79 Å². The van der Waals surface area contributed by atoms with Crippen LogP contribution in [0.25, 0.3) is 0 Å². The van der Waals surface area contributed by atoms with E-state index in [-0.39, 0.29) is 5.78 Å². The Kier molecular flexibility index (Phi) is 4.36. The number of rotatable bonds is 3. The Balaban J connectivity index is 2.22. The quantitative estimate of drug-likeness (QED) is 0.701. The van der Waals surface area contributed by atoms with Gasteiger partial charge in [0.05, 0.1) is 0 Å². The molecule has 1 nitrogen and oxygen atoms in total. The molecule has 92 valence electrons. The van der Waals surface area contributed by atoms with E-state index in [1.54, 1.807) is 0 Å². The first-order valence-corrected chi connectivity index (χ1v) is 7.19. The largest absolute Gasteiger partial charge is 0.294 e. The van der Waals surface area contributed by atoms with Gasteiger partial charge in [-0.05, 0) is 46.1 Å². The van der Waals surface area contributed by atoms with Gasteiger partial charge in [-0.25, -0.2) is 0 Å². The normalized spacial score (nSPS) is 10.4. The van der Waals surface area contributed by atoms with Crippen molar-refractivity contribution in [3.05, 3.63) is 68.1 Å². The molecule has 0 aromatic heterocycles. The van der Waals surface area contributed by atoms with Crippen LogP contribution in [-0.4, -0.2) is 5.78 Å². The highest BCUT2D eigenvalue weighted by Crippen LogP contribution is 2.22. The van der Waals surface area contributed by atoms with Gasteiger partial charge in [-0.1, -0.05) is 46.3 Å². The van der Waals surface area contributed by atoms with Gasteiger partial charge in [-0.3, -0.25) is 4.79 Å². The van der Waals surface area contributed by atoms with Crippen LogP contribution in [0.4, 0.5) is 0 Å². The molecule has 0 N–H and O–H groups in total. The molecule has 0 radical (unpaired) electrons. The third kappa shape index (κ3) is 3.09. The Bertz CT molecular complexity index is 574. The van der Waals surface area contributed by atoms with Crippen LogP contribution < -0.4 is 0 Å². The minimum atomic E-state index is 0.132. The number of carbonyl (C=O) groups is 1. The van der Waals surface area contributed by atoms with E-state index in [4.69, 9.17) is 0 Å². The number of ketones is 1. The van der Waals surface area contributed by atoms with E-state index in [1.165, 1.54) is 0 Å². The highest BCUT2D eigenvalue weighted by atomic mass is 79.9. The van der Waals surface area contributed by atoms with Gasteiger partial charge in [0.2, 0.25) is 0 Å². The summed E-state index contributed by atoms with van der Waals surface area (Å²) in [6, 6.07) is 13.6. The van der Waals surface area contributed by atoms with E-state index in [9.17, 15) is 4.79 Å². The summed E-state index contributed by atoms with van der Waals surface area (Å²) in [4.78, 5) is 12.2. The summed E-state index contributed by atoms with van der Waals surface area (Å²) in [5.74, 6) is 0.132. The number of aryl methyl sites for hydroxylation is 1. The van der Waals surface area contributed by atoms with E-state index in [2.05, 4.69) is 31.9 Å². The van der Waals surface area contributed by atoms with Gasteiger partial charge in [0.15, 0.2) is 5.78 Å². The number of carbonyl (C=O) groups excluding carboxylic acids is 1. The van der Waals surface area contributed by atoms with Crippen LogP contribution in [0.15, 0.2) is 51.4 Å². The molecule has 0 aliphatic heterocycles. The molecule has 2 rings (SSSR count). The van der Waals surface area contributed by atoms with Crippen LogP contribution >= 0.6 is 31.9 Å². The zero-order valence-electron chi connectivity index (χ0n) is 9.91. The lowest BCUT2D eigenvalue weighted by molar-refractivity contribution is 0.0992. The highest BCUT2D eigenvalue weighted by molar-refractivity contribution is 9.10. The van der Waals surface area contributed by atoms with Crippen molar-refractivity contribution in [3.8, 4) is 0 Å². The van der Waals surface area contributed by atoms with Crippen molar-refractivity contribution >= 4 is 37.6 Å². The Morgan fingerprint density at radius 2 is 1.72 bits per heavy atom. The zero-order chi connectivity index (χ0) is 13.1. The predicted octanol–water partition coefficient (Wildman–Crippen LogP) is 4.95. The summed E-state index contributed by atoms with van der Waals surface area (Å²) in [6.45, 7) is 1.99. The molecule has 0 amide bonds. The second-order valence-electron chi connectivity index (χ2n) is 4.16. The van der Waals surface area contributed by atoms with Crippen molar-refractivity contribution in [2.24, 2.45) is 0 Å². The molecule has 0 fully saturated rings. The molecule has 0 saturated heterocycles. The molecule has 2 aromatic carbocycles. The number of benzene rings is 2. The Hall–Kier alpha value is -0.930. The van der Waals surface area contributed by atoms with Crippen LogP contribution in [-0.2, 0) is 6.42 Å². The molecule has 0 unspecified atom stereocenters. The fourth-order valence-corrected chi connectivity index (χ4v) is 2.50. The van der Waals surface area contributed by atoms with Gasteiger partial charge in [-0.2, -0.15) is 0 Å². The number of halogens is 2. The summed E-state index contributed by atoms with van der Waals surface area (Å²) in [5, 5.41) is 0. The van der Waals surface area contributed by atoms with E-state index in [1.807, 2.05) is 49.4 Å². The van der Waals surface area contributed by atoms with Crippen LogP contribution in [0, 0.1) is 6.92 Å². The summed E-state index contributed by atoms with van der Waals surface area (Å²) < 4.78 is 1.92. The minimum absolute atomic E-state index is 0.132. The number of Topliss-reactive ketones (excluding diaryl/α,β-unsaturated/α-hetero) is 1. The second kappa shape index (κ2) is 5.81. The summed E-state index contributed by atoms with van der Waals surface area (Å²) >= 11 is 6.86. The van der Waals surface area contributed by atoms with Crippen molar-refractivity contribution in [2.75, 3.05) is 0 Å². The standard InChI is InChI=1S/C15H12Br2O/c1-10-3-2-4-13(15(10)17)14(18)9-11-5-7-12(16)8-6-11/h2-8H,9H2,1H3. The van der Waals surface area contributed by atoms with Gasteiger partial charge >= 0.3 is 0 Å². The average Bonchev–Trinajstić information content (AvgIpc) is 2.35. The van der Waals surface area contributed by atoms with E-state index in [0.717, 1.165) is 25.6 Å². The fourth-order valence-electron chi connectivity index (χ4n) is 1.75. The zero-order valence-corrected chi connectivity index (χ0v) is 13.1. The van der Waals surface area contributed by atoms with E-state index >= 15 is 0 Å². The first kappa shape index (κ1) is 13.5. The van der Waals surface area contributed by atoms with Gasteiger partial charge in [0, 0.05) is 20.9 Å². The molecular formula is C15H12Br2O. The molecule has 3 heteroatoms. The molecule has 0 aliphatic carbocycles. The molecule has 0 atom stereocenters. The Morgan fingerprint density at radius 3 is 2.39 bits per heavy atom. The van der Waals surface area contributed by atoms with Crippen LogP contribution in [0.3, 0.4) is 0 Å². The lowest BCUT2D eigenvalue weighted by atomic mass is 10.0. The first-order valence-electron chi connectivity index (χ1n) is 5.60. The van der Waals surface area contributed by atoms with Crippen molar-refractivity contribution in [2.45, 2.75) is 13.3 Å². The second-order valence-corrected chi connectivity index (χ2v) is 5.87. The van der Waals surface area contributed by atoms with Crippen LogP contribution in [0.5, 0.6) is 0 Å². The van der Waals surface area contributed by atoms with Crippen molar-refractivity contribution in [3.63, 3.8) is 0 Å². The number of hydrogen-bond donors (Lipinski definition) is 0. The molecule has 2 aromatic rings. The van der Waals surface area contributed by atoms with Crippen molar-refractivity contribution in [1.29, 1.82) is 0 Å². The Morgan fingerprint density at radius 1 is 1.06 bits per heavy atom. The Labute approximate surface area is 123 Å². The molecular weight excluding hydrogens is 356 g/mol. The summed E-state index contributed by atoms with van der Waals surface area (Å²) in [7, 11) is 0. The van der Waals surface area contributed by atoms with E-state index < -0.39 is 0 Å². The molecule has 0 saturated carbocycles. The lowest BCUT2D eigenvalue weighted by Crippen LogP contribution is -2.05. The minimum Gasteiger partial charge on any atom is -0.294 e. The molecule has 0 aliphatic rings. The molecule has 0 spiro atoms. The topological polar surface area (TPSA) is 17.1 Å². The molecule has 0 heterocycles. The van der Waals surface area contributed by atoms with Crippen molar-refractivity contribution in [1.82, 2.24) is 0 Å². The summed E-state index contributed by atoms with van der Waals surface area (Å²) in [6.07, 6.45) is 0.426. The van der Waals surface area contributed by atoms with Gasteiger partial charge in [0.25, 0.3) is 0 Å². The maximum atomic E-state index is 12.2. The first-order chi connectivity index (χ1) is 8.58. The van der Waals surface area contributed by atoms with E-state index in [0.29, 0.717) is 6.42 Å². The van der Waals surface area contributed by atoms with Gasteiger partial charge in [0.1, 0.15) is 0 Å². The monoisotopic (exact) mass is 366 g/mol. The third-order valence-corrected chi connectivity index (χ3v) is 4.35. The smallest absolute Gasteiger partial charge is 0.168 e. The van der Waals surface area contributed by atoms with Gasteiger partial charge < -0.3 is 0 Å². The van der Waals surface area contributed by atoms with Gasteiger partial charge in [-0.15, -0.1) is 0 Å². The third-order valence-electron chi connectivity index (χ3n) is 2.77.